The molecular weight excluding hydrogens is 559 g/mol. The Morgan fingerprint density at radius 2 is 2.11 bits per heavy atom. The van der Waals surface area contributed by atoms with Crippen LogP contribution in [0, 0.1) is 5.92 Å². The second kappa shape index (κ2) is 10.7. The predicted molar refractivity (Wildman–Crippen MR) is 131 cm³/mol. The van der Waals surface area contributed by atoms with Crippen LogP contribution in [0.2, 0.25) is 0 Å². The van der Waals surface area contributed by atoms with E-state index in [0.29, 0.717) is 47.0 Å². The molecule has 9 nitrogen and oxygen atoms in total. The molecule has 1 aliphatic heterocycles. The van der Waals surface area contributed by atoms with Gasteiger partial charge in [-0.2, -0.15) is 23.4 Å². The van der Waals surface area contributed by atoms with Crippen LogP contribution in [0.1, 0.15) is 54.9 Å². The van der Waals surface area contributed by atoms with E-state index in [0.717, 1.165) is 6.42 Å². The molecule has 37 heavy (non-hydrogen) atoms. The lowest BCUT2D eigenvalue weighted by atomic mass is 9.73. The molecular formula is C24H27BrF3N5O4. The van der Waals surface area contributed by atoms with Crippen molar-refractivity contribution in [3.05, 3.63) is 46.2 Å². The summed E-state index contributed by atoms with van der Waals surface area (Å²) in [5, 5.41) is 11.3. The molecule has 2 amide bonds. The summed E-state index contributed by atoms with van der Waals surface area (Å²) in [5.41, 5.74) is 2.69. The lowest BCUT2D eigenvalue weighted by molar-refractivity contribution is -0.153. The van der Waals surface area contributed by atoms with E-state index in [-0.39, 0.29) is 23.6 Å². The highest BCUT2D eigenvalue weighted by atomic mass is 79.9. The normalized spacial score (nSPS) is 22.6. The number of carbonyl (C=O) groups excluding carboxylic acids is 2. The molecule has 200 valence electrons. The summed E-state index contributed by atoms with van der Waals surface area (Å²) in [6, 6.07) is 4.38. The Balaban J connectivity index is 1.44. The van der Waals surface area contributed by atoms with Crippen molar-refractivity contribution in [2.45, 2.75) is 56.8 Å². The molecule has 13 heteroatoms. The molecule has 1 saturated carbocycles. The van der Waals surface area contributed by atoms with Gasteiger partial charge in [-0.3, -0.25) is 9.48 Å². The van der Waals surface area contributed by atoms with Crippen LogP contribution in [0.4, 0.5) is 18.0 Å². The molecule has 0 radical (unpaired) electrons. The highest BCUT2D eigenvalue weighted by Gasteiger charge is 2.47. The highest BCUT2D eigenvalue weighted by Crippen LogP contribution is 2.42. The van der Waals surface area contributed by atoms with Gasteiger partial charge >= 0.3 is 12.3 Å². The number of nitrogens with one attached hydrogen (secondary N) is 2. The molecule has 1 aliphatic carbocycles. The Hall–Kier alpha value is -3.09. The number of rotatable bonds is 7. The minimum Gasteiger partial charge on any atom is -0.484 e. The topological polar surface area (TPSA) is 107 Å². The lowest BCUT2D eigenvalue weighted by Gasteiger charge is -2.42. The first-order chi connectivity index (χ1) is 17.4. The van der Waals surface area contributed by atoms with Crippen molar-refractivity contribution in [2.24, 2.45) is 18.1 Å². The van der Waals surface area contributed by atoms with Gasteiger partial charge in [-0.15, -0.1) is 0 Å². The summed E-state index contributed by atoms with van der Waals surface area (Å²) >= 11 is 3.44. The summed E-state index contributed by atoms with van der Waals surface area (Å²) in [5.74, 6) is 0.110. The zero-order chi connectivity index (χ0) is 26.8. The second-order valence-electron chi connectivity index (χ2n) is 9.46. The molecule has 2 aromatic rings. The molecule has 0 saturated heterocycles. The fourth-order valence-electron chi connectivity index (χ4n) is 4.82. The fraction of sp³-hybridized carbons (Fsp3) is 0.500. The number of ether oxygens (including phenoxy) is 2. The average molecular weight is 586 g/mol. The average Bonchev–Trinajstić information content (AvgIpc) is 3.26. The zero-order valence-electron chi connectivity index (χ0n) is 20.3. The standard InChI is InChI=1S/C24H27BrF3N5O4/c1-14(30-21(34)16-11-29-33(2)12-16)9-15-5-7-23(8-6-15)20(31-32-22(35)37-23)18-10-17(3-4-19(18)25)36-13-24(26,27)28/h3-4,10-12,14-15H,5-9,13H2,1-2H3,(H,30,34)(H,32,35)/t14-,15?,23?/m0/s1. The van der Waals surface area contributed by atoms with Crippen LogP contribution in [0.15, 0.2) is 40.2 Å². The van der Waals surface area contributed by atoms with E-state index in [9.17, 15) is 22.8 Å². The quantitative estimate of drug-likeness (QED) is 0.489. The van der Waals surface area contributed by atoms with Crippen molar-refractivity contribution in [3.63, 3.8) is 0 Å². The Labute approximate surface area is 219 Å². The number of alkyl halides is 3. The fourth-order valence-corrected chi connectivity index (χ4v) is 5.26. The summed E-state index contributed by atoms with van der Waals surface area (Å²) in [6.45, 7) is 0.524. The molecule has 1 spiro atoms. The highest BCUT2D eigenvalue weighted by molar-refractivity contribution is 9.10. The Morgan fingerprint density at radius 1 is 1.38 bits per heavy atom. The number of hydrazone groups is 1. The zero-order valence-corrected chi connectivity index (χ0v) is 21.9. The molecule has 0 unspecified atom stereocenters. The maximum Gasteiger partial charge on any atom is 0.428 e. The molecule has 1 aromatic carbocycles. The van der Waals surface area contributed by atoms with Crippen molar-refractivity contribution in [1.82, 2.24) is 20.5 Å². The number of hydrogen-bond donors (Lipinski definition) is 2. The smallest absolute Gasteiger partial charge is 0.428 e. The van der Waals surface area contributed by atoms with Gasteiger partial charge in [-0.1, -0.05) is 15.9 Å². The Morgan fingerprint density at radius 3 is 2.76 bits per heavy atom. The van der Waals surface area contributed by atoms with Crippen molar-refractivity contribution >= 4 is 33.6 Å². The van der Waals surface area contributed by atoms with Gasteiger partial charge in [0.25, 0.3) is 5.91 Å². The molecule has 2 N–H and O–H groups in total. The predicted octanol–water partition coefficient (Wildman–Crippen LogP) is 4.71. The van der Waals surface area contributed by atoms with Gasteiger partial charge in [0.2, 0.25) is 0 Å². The first kappa shape index (κ1) is 27.0. The van der Waals surface area contributed by atoms with Gasteiger partial charge < -0.3 is 14.8 Å². The molecule has 1 atom stereocenters. The van der Waals surface area contributed by atoms with E-state index in [1.165, 1.54) is 18.3 Å². The van der Waals surface area contributed by atoms with Gasteiger partial charge in [0, 0.05) is 29.3 Å². The molecule has 2 aliphatic rings. The number of carbonyl (C=O) groups is 2. The van der Waals surface area contributed by atoms with Gasteiger partial charge in [0.1, 0.15) is 11.5 Å². The number of amides is 2. The van der Waals surface area contributed by atoms with Gasteiger partial charge in [-0.25, -0.2) is 10.2 Å². The van der Waals surface area contributed by atoms with Crippen molar-refractivity contribution < 1.29 is 32.2 Å². The molecule has 2 heterocycles. The Bertz CT molecular complexity index is 1190. The Kier molecular flexibility index (Phi) is 7.81. The van der Waals surface area contributed by atoms with Crippen LogP contribution in [0.3, 0.4) is 0 Å². The number of hydrogen-bond acceptors (Lipinski definition) is 6. The number of halogens is 4. The number of aryl methyl sites for hydroxylation is 1. The minimum absolute atomic E-state index is 0.0251. The lowest BCUT2D eigenvalue weighted by Crippen LogP contribution is -2.52. The third-order valence-corrected chi connectivity index (χ3v) is 7.21. The monoisotopic (exact) mass is 585 g/mol. The van der Waals surface area contributed by atoms with Crippen molar-refractivity contribution in [3.8, 4) is 5.75 Å². The maximum absolute atomic E-state index is 12.6. The van der Waals surface area contributed by atoms with E-state index in [1.807, 2.05) is 6.92 Å². The third kappa shape index (κ3) is 6.62. The van der Waals surface area contributed by atoms with E-state index >= 15 is 0 Å². The van der Waals surface area contributed by atoms with Crippen molar-refractivity contribution in [2.75, 3.05) is 6.61 Å². The first-order valence-corrected chi connectivity index (χ1v) is 12.6. The first-order valence-electron chi connectivity index (χ1n) is 11.8. The summed E-state index contributed by atoms with van der Waals surface area (Å²) in [6.07, 6.45) is 1.13. The minimum atomic E-state index is -4.47. The second-order valence-corrected chi connectivity index (χ2v) is 10.3. The van der Waals surface area contributed by atoms with Crippen LogP contribution >= 0.6 is 15.9 Å². The molecule has 1 fully saturated rings. The summed E-state index contributed by atoms with van der Waals surface area (Å²) < 4.78 is 50.7. The van der Waals surface area contributed by atoms with Crippen LogP contribution < -0.4 is 15.5 Å². The SMILES string of the molecule is C[C@@H](CC1CCC2(CC1)OC(=O)NN=C2c1cc(OCC(F)(F)F)ccc1Br)NC(=O)c1cnn(C)c1. The largest absolute Gasteiger partial charge is 0.484 e. The van der Waals surface area contributed by atoms with Crippen LogP contribution in [0.5, 0.6) is 5.75 Å². The number of nitrogens with zero attached hydrogens (tertiary/aromatic N) is 3. The van der Waals surface area contributed by atoms with E-state index in [1.54, 1.807) is 24.0 Å². The maximum atomic E-state index is 12.6. The van der Waals surface area contributed by atoms with E-state index < -0.39 is 24.5 Å². The van der Waals surface area contributed by atoms with Gasteiger partial charge in [0.05, 0.1) is 11.8 Å². The third-order valence-electron chi connectivity index (χ3n) is 6.52. The molecule has 0 bridgehead atoms. The van der Waals surface area contributed by atoms with Crippen molar-refractivity contribution in [1.29, 1.82) is 0 Å². The summed E-state index contributed by atoms with van der Waals surface area (Å²) in [4.78, 5) is 24.6. The summed E-state index contributed by atoms with van der Waals surface area (Å²) in [7, 11) is 1.74. The van der Waals surface area contributed by atoms with Crippen LogP contribution in [-0.2, 0) is 11.8 Å². The number of aromatic nitrogens is 2. The molecule has 1 aromatic heterocycles. The van der Waals surface area contributed by atoms with E-state index in [2.05, 4.69) is 36.9 Å². The molecule has 4 rings (SSSR count). The van der Waals surface area contributed by atoms with E-state index in [4.69, 9.17) is 9.47 Å². The number of benzene rings is 1. The van der Waals surface area contributed by atoms with Gasteiger partial charge in [-0.05, 0) is 63.1 Å². The van der Waals surface area contributed by atoms with Crippen LogP contribution in [0.25, 0.3) is 0 Å². The van der Waals surface area contributed by atoms with Gasteiger partial charge in [0.15, 0.2) is 12.2 Å². The van der Waals surface area contributed by atoms with Crippen LogP contribution in [-0.4, -0.2) is 51.9 Å².